The molecule has 3 heterocycles. The van der Waals surface area contributed by atoms with Crippen LogP contribution < -0.4 is 10.6 Å². The standard InChI is InChI=1S/C30H31N5OS/c36-27(32-25-14-7-9-21-8-1-4-12-24(21)25)16-19-35-29(22-15-18-34(20-22)23-10-2-3-11-23)28(33-30(35)37)26-13-5-6-17-31-26/h1,4-9,12-15,17-18,20,23,28-29H,2-3,10-11,16,19H2,(H,32,36)(H,33,37)/t28-,29-/m1/s1. The van der Waals surface area contributed by atoms with Crippen molar-refractivity contribution in [2.24, 2.45) is 0 Å². The minimum atomic E-state index is -0.0748. The number of amides is 1. The summed E-state index contributed by atoms with van der Waals surface area (Å²) in [6.07, 6.45) is 11.7. The summed E-state index contributed by atoms with van der Waals surface area (Å²) < 4.78 is 2.37. The molecule has 4 aromatic rings. The van der Waals surface area contributed by atoms with Crippen LogP contribution in [-0.2, 0) is 4.79 Å². The molecule has 1 aliphatic heterocycles. The van der Waals surface area contributed by atoms with E-state index in [1.165, 1.54) is 31.2 Å². The molecule has 0 unspecified atom stereocenters. The minimum Gasteiger partial charge on any atom is -0.352 e. The molecule has 7 heteroatoms. The summed E-state index contributed by atoms with van der Waals surface area (Å²) in [6.45, 7) is 0.519. The van der Waals surface area contributed by atoms with E-state index in [-0.39, 0.29) is 18.0 Å². The largest absolute Gasteiger partial charge is 0.352 e. The predicted molar refractivity (Wildman–Crippen MR) is 151 cm³/mol. The lowest BCUT2D eigenvalue weighted by Crippen LogP contribution is -2.32. The van der Waals surface area contributed by atoms with Gasteiger partial charge in [0, 0.05) is 48.7 Å². The van der Waals surface area contributed by atoms with Gasteiger partial charge in [0.15, 0.2) is 5.11 Å². The molecule has 2 aliphatic rings. The molecule has 0 spiro atoms. The molecule has 2 aromatic heterocycles. The highest BCUT2D eigenvalue weighted by molar-refractivity contribution is 7.80. The Hall–Kier alpha value is -3.71. The lowest BCUT2D eigenvalue weighted by atomic mass is 9.99. The van der Waals surface area contributed by atoms with Gasteiger partial charge in [-0.1, -0.05) is 55.3 Å². The summed E-state index contributed by atoms with van der Waals surface area (Å²) in [5.74, 6) is -0.0253. The first kappa shape index (κ1) is 23.7. The van der Waals surface area contributed by atoms with Crippen molar-refractivity contribution in [1.82, 2.24) is 19.8 Å². The molecular weight excluding hydrogens is 478 g/mol. The Kier molecular flexibility index (Phi) is 6.62. The molecule has 1 saturated heterocycles. The highest BCUT2D eigenvalue weighted by Crippen LogP contribution is 2.40. The highest BCUT2D eigenvalue weighted by Gasteiger charge is 2.40. The molecule has 37 heavy (non-hydrogen) atoms. The van der Waals surface area contributed by atoms with Crippen LogP contribution in [-0.4, -0.2) is 32.0 Å². The number of carbonyl (C=O) groups excluding carboxylic acids is 1. The maximum atomic E-state index is 13.1. The number of nitrogens with zero attached hydrogens (tertiary/aromatic N) is 3. The van der Waals surface area contributed by atoms with Gasteiger partial charge in [-0.15, -0.1) is 0 Å². The Morgan fingerprint density at radius 2 is 1.84 bits per heavy atom. The molecule has 0 radical (unpaired) electrons. The van der Waals surface area contributed by atoms with Crippen LogP contribution in [0.5, 0.6) is 0 Å². The first-order valence-corrected chi connectivity index (χ1v) is 13.5. The van der Waals surface area contributed by atoms with Crippen LogP contribution in [0.25, 0.3) is 10.8 Å². The van der Waals surface area contributed by atoms with Gasteiger partial charge in [-0.25, -0.2) is 0 Å². The van der Waals surface area contributed by atoms with Crippen LogP contribution >= 0.6 is 12.2 Å². The first-order chi connectivity index (χ1) is 18.2. The smallest absolute Gasteiger partial charge is 0.226 e. The van der Waals surface area contributed by atoms with Crippen LogP contribution in [0.15, 0.2) is 85.3 Å². The average Bonchev–Trinajstić information content (AvgIpc) is 3.68. The summed E-state index contributed by atoms with van der Waals surface area (Å²) in [7, 11) is 0. The van der Waals surface area contributed by atoms with Gasteiger partial charge in [-0.05, 0) is 60.3 Å². The number of carbonyl (C=O) groups is 1. The predicted octanol–water partition coefficient (Wildman–Crippen LogP) is 6.15. The zero-order valence-electron chi connectivity index (χ0n) is 20.7. The number of hydrogen-bond acceptors (Lipinski definition) is 3. The Morgan fingerprint density at radius 1 is 1.03 bits per heavy atom. The number of anilines is 1. The van der Waals surface area contributed by atoms with Crippen molar-refractivity contribution in [3.05, 3.63) is 96.6 Å². The maximum absolute atomic E-state index is 13.1. The normalized spacial score (nSPS) is 19.9. The van der Waals surface area contributed by atoms with E-state index >= 15 is 0 Å². The number of rotatable bonds is 7. The number of hydrogen-bond donors (Lipinski definition) is 2. The van der Waals surface area contributed by atoms with Gasteiger partial charge in [-0.3, -0.25) is 9.78 Å². The van der Waals surface area contributed by atoms with Gasteiger partial charge in [0.2, 0.25) is 5.91 Å². The van der Waals surface area contributed by atoms with Crippen molar-refractivity contribution in [3.8, 4) is 0 Å². The zero-order chi connectivity index (χ0) is 25.2. The van der Waals surface area contributed by atoms with E-state index < -0.39 is 0 Å². The van der Waals surface area contributed by atoms with Crippen molar-refractivity contribution in [2.45, 2.75) is 50.2 Å². The van der Waals surface area contributed by atoms with Crippen LogP contribution in [0.4, 0.5) is 5.69 Å². The van der Waals surface area contributed by atoms with E-state index in [4.69, 9.17) is 12.2 Å². The van der Waals surface area contributed by atoms with E-state index in [1.807, 2.05) is 54.7 Å². The van der Waals surface area contributed by atoms with Gasteiger partial charge in [-0.2, -0.15) is 0 Å². The number of aromatic nitrogens is 2. The second-order valence-corrected chi connectivity index (χ2v) is 10.4. The van der Waals surface area contributed by atoms with E-state index in [1.54, 1.807) is 0 Å². The number of thiocarbonyl (C=S) groups is 1. The second kappa shape index (κ2) is 10.3. The minimum absolute atomic E-state index is 0.0253. The zero-order valence-corrected chi connectivity index (χ0v) is 21.5. The first-order valence-electron chi connectivity index (χ1n) is 13.1. The van der Waals surface area contributed by atoms with Gasteiger partial charge in [0.05, 0.1) is 17.8 Å². The molecule has 0 bridgehead atoms. The second-order valence-electron chi connectivity index (χ2n) is 9.98. The van der Waals surface area contributed by atoms with Crippen molar-refractivity contribution in [1.29, 1.82) is 0 Å². The quantitative estimate of drug-likeness (QED) is 0.293. The summed E-state index contributed by atoms with van der Waals surface area (Å²) in [6, 6.07) is 22.7. The van der Waals surface area contributed by atoms with E-state index in [0.29, 0.717) is 24.1 Å². The molecule has 2 fully saturated rings. The lowest BCUT2D eigenvalue weighted by molar-refractivity contribution is -0.116. The van der Waals surface area contributed by atoms with Crippen LogP contribution in [0.2, 0.25) is 0 Å². The Balaban J connectivity index is 1.23. The molecule has 6 rings (SSSR count). The SMILES string of the molecule is O=C(CCN1C(=S)N[C@H](c2ccccn2)[C@H]1c1ccn(C2CCCC2)c1)Nc1cccc2ccccc12. The Labute approximate surface area is 222 Å². The third-order valence-corrected chi connectivity index (χ3v) is 8.02. The molecular formula is C30H31N5OS. The van der Waals surface area contributed by atoms with Crippen molar-refractivity contribution in [3.63, 3.8) is 0 Å². The van der Waals surface area contributed by atoms with Crippen molar-refractivity contribution < 1.29 is 4.79 Å². The highest BCUT2D eigenvalue weighted by atomic mass is 32.1. The third-order valence-electron chi connectivity index (χ3n) is 7.67. The summed E-state index contributed by atoms with van der Waals surface area (Å²) in [5, 5.41) is 9.42. The molecule has 188 valence electrons. The van der Waals surface area contributed by atoms with Gasteiger partial charge >= 0.3 is 0 Å². The van der Waals surface area contributed by atoms with E-state index in [2.05, 4.69) is 55.7 Å². The number of benzene rings is 2. The Bertz CT molecular complexity index is 1410. The van der Waals surface area contributed by atoms with Gasteiger partial charge in [0.1, 0.15) is 0 Å². The number of nitrogens with one attached hydrogen (secondary N) is 2. The fourth-order valence-electron chi connectivity index (χ4n) is 5.81. The van der Waals surface area contributed by atoms with Crippen molar-refractivity contribution >= 4 is 39.7 Å². The number of pyridine rings is 1. The van der Waals surface area contributed by atoms with Gasteiger partial charge < -0.3 is 20.1 Å². The Morgan fingerprint density at radius 3 is 2.68 bits per heavy atom. The molecule has 6 nitrogen and oxygen atoms in total. The monoisotopic (exact) mass is 509 g/mol. The topological polar surface area (TPSA) is 62.2 Å². The van der Waals surface area contributed by atoms with Crippen LogP contribution in [0, 0.1) is 0 Å². The average molecular weight is 510 g/mol. The van der Waals surface area contributed by atoms with Crippen LogP contribution in [0.1, 0.15) is 61.5 Å². The molecule has 2 aromatic carbocycles. The maximum Gasteiger partial charge on any atom is 0.226 e. The van der Waals surface area contributed by atoms with Gasteiger partial charge in [0.25, 0.3) is 0 Å². The summed E-state index contributed by atoms with van der Waals surface area (Å²) in [4.78, 5) is 19.9. The third kappa shape index (κ3) is 4.83. The van der Waals surface area contributed by atoms with Crippen molar-refractivity contribution in [2.75, 3.05) is 11.9 Å². The fourth-order valence-corrected chi connectivity index (χ4v) is 6.15. The lowest BCUT2D eigenvalue weighted by Gasteiger charge is -2.27. The molecule has 1 amide bonds. The van der Waals surface area contributed by atoms with E-state index in [0.717, 1.165) is 22.2 Å². The fraction of sp³-hybridized carbons (Fsp3) is 0.300. The molecule has 2 atom stereocenters. The molecule has 1 saturated carbocycles. The van der Waals surface area contributed by atoms with Crippen LogP contribution in [0.3, 0.4) is 0 Å². The molecule has 1 aliphatic carbocycles. The summed E-state index contributed by atoms with van der Waals surface area (Å²) >= 11 is 5.80. The van der Waals surface area contributed by atoms with E-state index in [9.17, 15) is 4.79 Å². The number of fused-ring (bicyclic) bond motifs is 1. The summed E-state index contributed by atoms with van der Waals surface area (Å²) in [5.41, 5.74) is 2.98. The molecule has 2 N–H and O–H groups in total.